The van der Waals surface area contributed by atoms with Gasteiger partial charge in [-0.05, 0) is 70.4 Å². The molecule has 1 aromatic rings. The van der Waals surface area contributed by atoms with Crippen molar-refractivity contribution in [2.45, 2.75) is 38.9 Å². The van der Waals surface area contributed by atoms with Gasteiger partial charge in [0, 0.05) is 11.7 Å². The molecule has 118 valence electrons. The summed E-state index contributed by atoms with van der Waals surface area (Å²) in [6, 6.07) is 4.08. The van der Waals surface area contributed by atoms with Crippen molar-refractivity contribution in [2.75, 3.05) is 25.5 Å². The first-order valence-corrected chi connectivity index (χ1v) is 7.40. The van der Waals surface area contributed by atoms with Crippen molar-refractivity contribution in [1.29, 1.82) is 0 Å². The van der Waals surface area contributed by atoms with Crippen LogP contribution in [0.3, 0.4) is 0 Å². The van der Waals surface area contributed by atoms with E-state index in [4.69, 9.17) is 0 Å². The Balaban J connectivity index is 2.08. The molecule has 21 heavy (non-hydrogen) atoms. The van der Waals surface area contributed by atoms with Crippen LogP contribution in [0, 0.1) is 12.8 Å². The molecule has 0 aliphatic carbocycles. The Morgan fingerprint density at radius 3 is 2.43 bits per heavy atom. The van der Waals surface area contributed by atoms with E-state index in [-0.39, 0.29) is 6.04 Å². The van der Waals surface area contributed by atoms with E-state index in [1.807, 2.05) is 6.92 Å². The molecule has 0 radical (unpaired) electrons. The molecule has 1 aliphatic heterocycles. The van der Waals surface area contributed by atoms with Crippen molar-refractivity contribution < 1.29 is 13.2 Å². The number of anilines is 1. The fraction of sp³-hybridized carbons (Fsp3) is 0.625. The molecule has 0 amide bonds. The molecule has 2 nitrogen and oxygen atoms in total. The van der Waals surface area contributed by atoms with Crippen LogP contribution in [0.15, 0.2) is 18.2 Å². The second-order valence-corrected chi connectivity index (χ2v) is 6.10. The highest BCUT2D eigenvalue weighted by Gasteiger charge is 2.31. The number of likely N-dealkylation sites (tertiary alicyclic amines) is 1. The molecule has 5 heteroatoms. The minimum atomic E-state index is -4.29. The lowest BCUT2D eigenvalue weighted by atomic mass is 9.90. The first kappa shape index (κ1) is 16.1. The number of alkyl halides is 3. The number of nitrogens with one attached hydrogen (secondary N) is 1. The van der Waals surface area contributed by atoms with Crippen molar-refractivity contribution >= 4 is 5.69 Å². The monoisotopic (exact) mass is 300 g/mol. The largest absolute Gasteiger partial charge is 0.416 e. The molecular formula is C16H23F3N2. The Morgan fingerprint density at radius 2 is 1.86 bits per heavy atom. The van der Waals surface area contributed by atoms with E-state index in [0.717, 1.165) is 37.6 Å². The first-order valence-electron chi connectivity index (χ1n) is 7.40. The molecule has 0 bridgehead atoms. The molecule has 2 rings (SSSR count). The van der Waals surface area contributed by atoms with E-state index >= 15 is 0 Å². The molecule has 1 atom stereocenters. The fourth-order valence-electron chi connectivity index (χ4n) is 2.85. The zero-order chi connectivity index (χ0) is 15.6. The second-order valence-electron chi connectivity index (χ2n) is 6.10. The Morgan fingerprint density at radius 1 is 1.24 bits per heavy atom. The summed E-state index contributed by atoms with van der Waals surface area (Å²) >= 11 is 0. The smallest absolute Gasteiger partial charge is 0.382 e. The Labute approximate surface area is 124 Å². The fourth-order valence-corrected chi connectivity index (χ4v) is 2.85. The van der Waals surface area contributed by atoms with E-state index in [9.17, 15) is 13.2 Å². The van der Waals surface area contributed by atoms with Gasteiger partial charge < -0.3 is 10.2 Å². The van der Waals surface area contributed by atoms with Crippen LogP contribution in [-0.2, 0) is 6.18 Å². The highest BCUT2D eigenvalue weighted by molar-refractivity contribution is 5.53. The van der Waals surface area contributed by atoms with Gasteiger partial charge in [0.2, 0.25) is 0 Å². The summed E-state index contributed by atoms with van der Waals surface area (Å²) in [5, 5.41) is 3.29. The van der Waals surface area contributed by atoms with Crippen molar-refractivity contribution in [3.8, 4) is 0 Å². The summed E-state index contributed by atoms with van der Waals surface area (Å²) in [4.78, 5) is 2.29. The molecule has 1 unspecified atom stereocenters. The van der Waals surface area contributed by atoms with Crippen LogP contribution in [0.4, 0.5) is 18.9 Å². The molecule has 1 saturated heterocycles. The number of aryl methyl sites for hydroxylation is 1. The number of hydrogen-bond donors (Lipinski definition) is 1. The van der Waals surface area contributed by atoms with Crippen LogP contribution in [-0.4, -0.2) is 31.1 Å². The number of benzene rings is 1. The minimum Gasteiger partial charge on any atom is -0.382 e. The molecule has 1 fully saturated rings. The van der Waals surface area contributed by atoms with E-state index in [0.29, 0.717) is 11.6 Å². The van der Waals surface area contributed by atoms with Gasteiger partial charge in [0.05, 0.1) is 5.56 Å². The molecule has 1 aliphatic rings. The number of piperidine rings is 1. The summed E-state index contributed by atoms with van der Waals surface area (Å²) in [5.74, 6) is 0.509. The highest BCUT2D eigenvalue weighted by atomic mass is 19.4. The quantitative estimate of drug-likeness (QED) is 0.902. The van der Waals surface area contributed by atoms with Gasteiger partial charge in [0.25, 0.3) is 0 Å². The number of rotatable bonds is 3. The predicted octanol–water partition coefficient (Wildman–Crippen LogP) is 4.16. The van der Waals surface area contributed by atoms with Crippen LogP contribution in [0.5, 0.6) is 0 Å². The van der Waals surface area contributed by atoms with Crippen molar-refractivity contribution in [3.63, 3.8) is 0 Å². The van der Waals surface area contributed by atoms with Gasteiger partial charge in [-0.1, -0.05) is 6.07 Å². The van der Waals surface area contributed by atoms with E-state index in [1.54, 1.807) is 0 Å². The number of nitrogens with zero attached hydrogens (tertiary/aromatic N) is 1. The van der Waals surface area contributed by atoms with Crippen LogP contribution < -0.4 is 5.32 Å². The zero-order valence-electron chi connectivity index (χ0n) is 12.8. The average Bonchev–Trinajstić information content (AvgIpc) is 2.40. The van der Waals surface area contributed by atoms with Gasteiger partial charge in [0.15, 0.2) is 0 Å². The maximum Gasteiger partial charge on any atom is 0.416 e. The summed E-state index contributed by atoms with van der Waals surface area (Å²) in [5.41, 5.74) is 0.852. The van der Waals surface area contributed by atoms with E-state index in [2.05, 4.69) is 24.2 Å². The SMILES string of the molecule is Cc1ccc(C(F)(F)F)cc1NC(C)C1CCN(C)CC1. The van der Waals surface area contributed by atoms with E-state index in [1.165, 1.54) is 12.1 Å². The lowest BCUT2D eigenvalue weighted by Gasteiger charge is -2.33. The molecule has 0 saturated carbocycles. The Kier molecular flexibility index (Phi) is 4.81. The van der Waals surface area contributed by atoms with Gasteiger partial charge in [-0.3, -0.25) is 0 Å². The summed E-state index contributed by atoms with van der Waals surface area (Å²) in [6.45, 7) is 6.01. The number of hydrogen-bond acceptors (Lipinski definition) is 2. The van der Waals surface area contributed by atoms with E-state index < -0.39 is 11.7 Å². The van der Waals surface area contributed by atoms with Gasteiger partial charge in [-0.2, -0.15) is 13.2 Å². The van der Waals surface area contributed by atoms with Crippen molar-refractivity contribution in [3.05, 3.63) is 29.3 Å². The third-order valence-corrected chi connectivity index (χ3v) is 4.42. The Hall–Kier alpha value is -1.23. The zero-order valence-corrected chi connectivity index (χ0v) is 12.8. The minimum absolute atomic E-state index is 0.181. The van der Waals surface area contributed by atoms with Crippen molar-refractivity contribution in [1.82, 2.24) is 4.90 Å². The second kappa shape index (κ2) is 6.26. The molecule has 0 spiro atoms. The Bertz CT molecular complexity index is 477. The lowest BCUT2D eigenvalue weighted by Crippen LogP contribution is -2.37. The third-order valence-electron chi connectivity index (χ3n) is 4.42. The number of halogens is 3. The van der Waals surface area contributed by atoms with Crippen LogP contribution in [0.25, 0.3) is 0 Å². The third kappa shape index (κ3) is 4.13. The molecule has 1 N–H and O–H groups in total. The van der Waals surface area contributed by atoms with Gasteiger partial charge >= 0.3 is 6.18 Å². The van der Waals surface area contributed by atoms with Crippen LogP contribution >= 0.6 is 0 Å². The predicted molar refractivity (Wildman–Crippen MR) is 79.5 cm³/mol. The normalized spacial score (nSPS) is 19.5. The van der Waals surface area contributed by atoms with Gasteiger partial charge in [-0.15, -0.1) is 0 Å². The average molecular weight is 300 g/mol. The summed E-state index contributed by atoms with van der Waals surface area (Å²) in [7, 11) is 2.10. The van der Waals surface area contributed by atoms with Gasteiger partial charge in [-0.25, -0.2) is 0 Å². The maximum atomic E-state index is 12.8. The van der Waals surface area contributed by atoms with Crippen LogP contribution in [0.1, 0.15) is 30.9 Å². The molecule has 0 aromatic heterocycles. The summed E-state index contributed by atoms with van der Waals surface area (Å²) < 4.78 is 38.4. The summed E-state index contributed by atoms with van der Waals surface area (Å²) in [6.07, 6.45) is -2.12. The maximum absolute atomic E-state index is 12.8. The first-order chi connectivity index (χ1) is 9.77. The van der Waals surface area contributed by atoms with Crippen LogP contribution in [0.2, 0.25) is 0 Å². The van der Waals surface area contributed by atoms with Crippen molar-refractivity contribution in [2.24, 2.45) is 5.92 Å². The molecule has 1 aromatic carbocycles. The highest BCUT2D eigenvalue weighted by Crippen LogP contribution is 2.33. The lowest BCUT2D eigenvalue weighted by molar-refractivity contribution is -0.137. The standard InChI is InChI=1S/C16H23F3N2/c1-11-4-5-14(16(17,18)19)10-15(11)20-12(2)13-6-8-21(3)9-7-13/h4-5,10,12-13,20H,6-9H2,1-3H3. The molecule has 1 heterocycles. The molecular weight excluding hydrogens is 277 g/mol. The topological polar surface area (TPSA) is 15.3 Å². The van der Waals surface area contributed by atoms with Gasteiger partial charge in [0.1, 0.15) is 0 Å².